The number of nitrogens with zero attached hydrogens (tertiary/aromatic N) is 1. The van der Waals surface area contributed by atoms with E-state index in [0.717, 1.165) is 18.7 Å². The minimum absolute atomic E-state index is 0.122. The highest BCUT2D eigenvalue weighted by Gasteiger charge is 2.40. The van der Waals surface area contributed by atoms with Crippen LogP contribution in [0.4, 0.5) is 5.82 Å². The largest absolute Gasteiger partial charge is 0.382 e. The molecule has 1 amide bonds. The van der Waals surface area contributed by atoms with Gasteiger partial charge < -0.3 is 11.1 Å². The fourth-order valence-corrected chi connectivity index (χ4v) is 1.92. The summed E-state index contributed by atoms with van der Waals surface area (Å²) >= 11 is 0. The Morgan fingerprint density at radius 3 is 2.75 bits per heavy atom. The first-order valence-electron chi connectivity index (χ1n) is 5.66. The van der Waals surface area contributed by atoms with Gasteiger partial charge in [-0.05, 0) is 31.6 Å². The van der Waals surface area contributed by atoms with Crippen LogP contribution in [-0.2, 0) is 0 Å². The zero-order valence-corrected chi connectivity index (χ0v) is 9.76. The van der Waals surface area contributed by atoms with Crippen LogP contribution in [0.2, 0.25) is 0 Å². The Balaban J connectivity index is 1.98. The number of anilines is 1. The van der Waals surface area contributed by atoms with Crippen molar-refractivity contribution in [1.82, 2.24) is 15.5 Å². The first kappa shape index (κ1) is 11.0. The number of nitrogens with two attached hydrogens (primary N) is 1. The topological polar surface area (TPSA) is 83.8 Å². The molecule has 1 aromatic heterocycles. The fourth-order valence-electron chi connectivity index (χ4n) is 1.92. The van der Waals surface area contributed by atoms with E-state index in [0.29, 0.717) is 11.0 Å². The van der Waals surface area contributed by atoms with Crippen molar-refractivity contribution in [3.63, 3.8) is 0 Å². The molecule has 0 bridgehead atoms. The third-order valence-electron chi connectivity index (χ3n) is 3.53. The molecule has 4 N–H and O–H groups in total. The number of hydrogen-bond donors (Lipinski definition) is 3. The Kier molecular flexibility index (Phi) is 2.61. The van der Waals surface area contributed by atoms with Crippen LogP contribution < -0.4 is 11.1 Å². The van der Waals surface area contributed by atoms with Gasteiger partial charge in [0.15, 0.2) is 5.82 Å². The van der Waals surface area contributed by atoms with Crippen molar-refractivity contribution in [2.75, 3.05) is 12.3 Å². The van der Waals surface area contributed by atoms with E-state index in [2.05, 4.69) is 22.4 Å². The van der Waals surface area contributed by atoms with Gasteiger partial charge in [0, 0.05) is 12.2 Å². The number of hydrogen-bond acceptors (Lipinski definition) is 3. The van der Waals surface area contributed by atoms with Gasteiger partial charge in [0.2, 0.25) is 0 Å². The summed E-state index contributed by atoms with van der Waals surface area (Å²) in [7, 11) is 0. The van der Waals surface area contributed by atoms with Crippen molar-refractivity contribution in [3.8, 4) is 0 Å². The summed E-state index contributed by atoms with van der Waals surface area (Å²) in [6.45, 7) is 4.70. The van der Waals surface area contributed by atoms with E-state index in [1.54, 1.807) is 6.92 Å². The summed E-state index contributed by atoms with van der Waals surface area (Å²) in [5.74, 6) is 0.153. The lowest BCUT2D eigenvalue weighted by atomic mass is 10.0. The number of rotatable bonds is 4. The third-order valence-corrected chi connectivity index (χ3v) is 3.53. The third kappa shape index (κ3) is 1.89. The van der Waals surface area contributed by atoms with Crippen molar-refractivity contribution < 1.29 is 4.79 Å². The lowest BCUT2D eigenvalue weighted by Gasteiger charge is -2.13. The van der Waals surface area contributed by atoms with Crippen LogP contribution in [-0.4, -0.2) is 22.6 Å². The molecule has 16 heavy (non-hydrogen) atoms. The van der Waals surface area contributed by atoms with E-state index in [4.69, 9.17) is 5.73 Å². The molecule has 1 saturated carbocycles. The molecular formula is C11H18N4O. The molecule has 2 rings (SSSR count). The first-order chi connectivity index (χ1) is 7.58. The molecule has 1 aliphatic carbocycles. The number of aryl methyl sites for hydroxylation is 1. The second-order valence-electron chi connectivity index (χ2n) is 4.65. The van der Waals surface area contributed by atoms with Gasteiger partial charge in [0.05, 0.1) is 0 Å². The number of nitrogen functional groups attached to an aromatic ring is 1. The van der Waals surface area contributed by atoms with Crippen LogP contribution in [0.5, 0.6) is 0 Å². The maximum absolute atomic E-state index is 11.9. The quantitative estimate of drug-likeness (QED) is 0.716. The van der Waals surface area contributed by atoms with Gasteiger partial charge in [-0.3, -0.25) is 9.89 Å². The van der Waals surface area contributed by atoms with Gasteiger partial charge in [-0.25, -0.2) is 0 Å². The molecule has 0 spiro atoms. The normalized spacial score (nSPS) is 17.1. The Labute approximate surface area is 94.8 Å². The molecule has 0 aromatic carbocycles. The number of H-pyrrole nitrogens is 1. The van der Waals surface area contributed by atoms with Crippen LogP contribution in [0.3, 0.4) is 0 Å². The number of aromatic amines is 1. The molecule has 0 radical (unpaired) electrons. The van der Waals surface area contributed by atoms with E-state index in [-0.39, 0.29) is 11.7 Å². The zero-order valence-electron chi connectivity index (χ0n) is 9.76. The molecule has 5 nitrogen and oxygen atoms in total. The molecule has 88 valence electrons. The van der Waals surface area contributed by atoms with Crippen LogP contribution in [0.25, 0.3) is 0 Å². The minimum atomic E-state index is -0.122. The highest BCUT2D eigenvalue weighted by atomic mass is 16.1. The van der Waals surface area contributed by atoms with Crippen molar-refractivity contribution >= 4 is 11.7 Å². The van der Waals surface area contributed by atoms with Gasteiger partial charge >= 0.3 is 0 Å². The summed E-state index contributed by atoms with van der Waals surface area (Å²) in [5.41, 5.74) is 7.17. The molecule has 1 aromatic rings. The fraction of sp³-hybridized carbons (Fsp3) is 0.636. The molecule has 0 aliphatic heterocycles. The highest BCUT2D eigenvalue weighted by molar-refractivity contribution is 5.99. The molecular weight excluding hydrogens is 204 g/mol. The molecule has 5 heteroatoms. The Morgan fingerprint density at radius 1 is 1.62 bits per heavy atom. The Morgan fingerprint density at radius 2 is 2.31 bits per heavy atom. The molecule has 1 heterocycles. The smallest absolute Gasteiger partial charge is 0.256 e. The first-order valence-corrected chi connectivity index (χ1v) is 5.66. The van der Waals surface area contributed by atoms with Crippen molar-refractivity contribution in [2.24, 2.45) is 5.41 Å². The molecule has 0 unspecified atom stereocenters. The van der Waals surface area contributed by atoms with Crippen LogP contribution in [0, 0.1) is 12.3 Å². The van der Waals surface area contributed by atoms with Gasteiger partial charge in [-0.15, -0.1) is 0 Å². The maximum atomic E-state index is 11.9. The van der Waals surface area contributed by atoms with E-state index in [9.17, 15) is 4.79 Å². The monoisotopic (exact) mass is 222 g/mol. The van der Waals surface area contributed by atoms with E-state index in [1.165, 1.54) is 12.8 Å². The van der Waals surface area contributed by atoms with E-state index >= 15 is 0 Å². The zero-order chi connectivity index (χ0) is 11.8. The predicted octanol–water partition coefficient (Wildman–Crippen LogP) is 1.22. The predicted molar refractivity (Wildman–Crippen MR) is 62.0 cm³/mol. The standard InChI is InChI=1S/C11H18N4O/c1-3-11(4-5-11)6-13-10(16)8-7(2)14-15-9(8)12/h3-6H2,1-2H3,(H,13,16)(H3,12,14,15). The Bertz CT molecular complexity index is 387. The summed E-state index contributed by atoms with van der Waals surface area (Å²) in [6, 6.07) is 0. The van der Waals surface area contributed by atoms with Crippen molar-refractivity contribution in [2.45, 2.75) is 33.1 Å². The molecule has 0 saturated heterocycles. The Hall–Kier alpha value is -1.52. The number of carbonyl (C=O) groups is 1. The van der Waals surface area contributed by atoms with Crippen molar-refractivity contribution in [3.05, 3.63) is 11.3 Å². The number of carbonyl (C=O) groups excluding carboxylic acids is 1. The molecule has 1 fully saturated rings. The molecule has 0 atom stereocenters. The number of nitrogens with one attached hydrogen (secondary N) is 2. The SMILES string of the molecule is CCC1(CNC(=O)c2c(N)n[nH]c2C)CC1. The highest BCUT2D eigenvalue weighted by Crippen LogP contribution is 2.47. The van der Waals surface area contributed by atoms with Crippen LogP contribution >= 0.6 is 0 Å². The van der Waals surface area contributed by atoms with E-state index in [1.807, 2.05) is 0 Å². The lowest BCUT2D eigenvalue weighted by Crippen LogP contribution is -2.30. The lowest BCUT2D eigenvalue weighted by molar-refractivity contribution is 0.0944. The summed E-state index contributed by atoms with van der Waals surface area (Å²) in [5, 5.41) is 9.46. The van der Waals surface area contributed by atoms with Crippen LogP contribution in [0.15, 0.2) is 0 Å². The summed E-state index contributed by atoms with van der Waals surface area (Å²) < 4.78 is 0. The minimum Gasteiger partial charge on any atom is -0.382 e. The molecule has 1 aliphatic rings. The van der Waals surface area contributed by atoms with Gasteiger partial charge in [-0.1, -0.05) is 6.92 Å². The average molecular weight is 222 g/mol. The van der Waals surface area contributed by atoms with Crippen molar-refractivity contribution in [1.29, 1.82) is 0 Å². The maximum Gasteiger partial charge on any atom is 0.256 e. The average Bonchev–Trinajstić information content (AvgIpc) is 2.97. The second-order valence-corrected chi connectivity index (χ2v) is 4.65. The van der Waals surface area contributed by atoms with Crippen LogP contribution in [0.1, 0.15) is 42.2 Å². The number of amides is 1. The van der Waals surface area contributed by atoms with Gasteiger partial charge in [-0.2, -0.15) is 5.10 Å². The second kappa shape index (κ2) is 3.81. The summed E-state index contributed by atoms with van der Waals surface area (Å²) in [4.78, 5) is 11.9. The van der Waals surface area contributed by atoms with E-state index < -0.39 is 0 Å². The number of aromatic nitrogens is 2. The summed E-state index contributed by atoms with van der Waals surface area (Å²) in [6.07, 6.45) is 3.54. The van der Waals surface area contributed by atoms with Gasteiger partial charge in [0.25, 0.3) is 5.91 Å². The van der Waals surface area contributed by atoms with Gasteiger partial charge in [0.1, 0.15) is 5.56 Å².